The summed E-state index contributed by atoms with van der Waals surface area (Å²) in [5, 5.41) is 20.3. The van der Waals surface area contributed by atoms with Crippen molar-refractivity contribution in [1.29, 1.82) is 0 Å². The molecule has 0 unspecified atom stereocenters. The zero-order chi connectivity index (χ0) is 23.9. The highest BCUT2D eigenvalue weighted by Gasteiger charge is 2.58. The van der Waals surface area contributed by atoms with Crippen LogP contribution in [-0.2, 0) is 20.9 Å². The highest BCUT2D eigenvalue weighted by Crippen LogP contribution is 2.54. The summed E-state index contributed by atoms with van der Waals surface area (Å²) < 4.78 is 5.41. The summed E-state index contributed by atoms with van der Waals surface area (Å²) in [4.78, 5) is 49.2. The van der Waals surface area contributed by atoms with E-state index in [0.717, 1.165) is 0 Å². The van der Waals surface area contributed by atoms with E-state index in [0.29, 0.717) is 21.6 Å². The van der Waals surface area contributed by atoms with Crippen molar-refractivity contribution in [1.82, 2.24) is 4.90 Å². The molecule has 0 saturated carbocycles. The highest BCUT2D eigenvalue weighted by molar-refractivity contribution is 8.09. The third-order valence-electron chi connectivity index (χ3n) is 5.44. The van der Waals surface area contributed by atoms with Gasteiger partial charge in [-0.15, -0.1) is 0 Å². The Morgan fingerprint density at radius 1 is 1.21 bits per heavy atom. The predicted molar refractivity (Wildman–Crippen MR) is 118 cm³/mol. The lowest BCUT2D eigenvalue weighted by Gasteiger charge is -2.43. The van der Waals surface area contributed by atoms with E-state index in [4.69, 9.17) is 10.5 Å². The van der Waals surface area contributed by atoms with Crippen LogP contribution in [0.3, 0.4) is 0 Å². The average molecular weight is 469 g/mol. The minimum atomic E-state index is -0.889. The van der Waals surface area contributed by atoms with Gasteiger partial charge in [0.2, 0.25) is 11.8 Å². The first-order valence-corrected chi connectivity index (χ1v) is 10.8. The number of aliphatic hydroxyl groups is 1. The van der Waals surface area contributed by atoms with E-state index in [1.807, 2.05) is 0 Å². The SMILES string of the molecule is C[C@@H](O)[C@H]1C(=O)N2C(C(=O)OCc3ccc([N+](=O)[O-])cc3)=C(c3ccc(C(N)=O)cc3)S[C@H]12. The van der Waals surface area contributed by atoms with Gasteiger partial charge in [-0.05, 0) is 42.3 Å². The second-order valence-corrected chi connectivity index (χ2v) is 8.73. The van der Waals surface area contributed by atoms with E-state index in [1.165, 1.54) is 60.0 Å². The summed E-state index contributed by atoms with van der Waals surface area (Å²) in [7, 11) is 0. The fraction of sp³-hybridized carbons (Fsp3) is 0.227. The number of nitro benzene ring substituents is 1. The number of primary amides is 1. The van der Waals surface area contributed by atoms with Crippen molar-refractivity contribution < 1.29 is 29.2 Å². The van der Waals surface area contributed by atoms with Gasteiger partial charge in [-0.2, -0.15) is 0 Å². The number of carbonyl (C=O) groups is 3. The quantitative estimate of drug-likeness (QED) is 0.270. The summed E-state index contributed by atoms with van der Waals surface area (Å²) >= 11 is 1.26. The largest absolute Gasteiger partial charge is 0.456 e. The Kier molecular flexibility index (Phi) is 5.91. The third-order valence-corrected chi connectivity index (χ3v) is 6.85. The molecule has 2 amide bonds. The predicted octanol–water partition coefficient (Wildman–Crippen LogP) is 2.02. The third kappa shape index (κ3) is 4.08. The molecule has 0 bridgehead atoms. The summed E-state index contributed by atoms with van der Waals surface area (Å²) in [5.74, 6) is -2.37. The molecule has 1 fully saturated rings. The molecule has 2 heterocycles. The van der Waals surface area contributed by atoms with Crippen molar-refractivity contribution in [2.75, 3.05) is 0 Å². The number of thioether (sulfide) groups is 1. The first-order chi connectivity index (χ1) is 15.7. The summed E-state index contributed by atoms with van der Waals surface area (Å²) in [6, 6.07) is 11.9. The Morgan fingerprint density at radius 3 is 2.39 bits per heavy atom. The van der Waals surface area contributed by atoms with Gasteiger partial charge in [-0.3, -0.25) is 24.6 Å². The van der Waals surface area contributed by atoms with Crippen LogP contribution in [0.15, 0.2) is 54.2 Å². The van der Waals surface area contributed by atoms with Gasteiger partial charge in [0.05, 0.1) is 16.9 Å². The van der Waals surface area contributed by atoms with Crippen LogP contribution in [0.2, 0.25) is 0 Å². The molecule has 3 atom stereocenters. The number of amides is 2. The molecule has 10 nitrogen and oxygen atoms in total. The molecule has 0 aromatic heterocycles. The van der Waals surface area contributed by atoms with E-state index in [1.54, 1.807) is 12.1 Å². The van der Waals surface area contributed by atoms with E-state index < -0.39 is 34.2 Å². The summed E-state index contributed by atoms with van der Waals surface area (Å²) in [6.45, 7) is 1.37. The minimum absolute atomic E-state index is 0.0561. The van der Waals surface area contributed by atoms with Crippen molar-refractivity contribution in [3.05, 3.63) is 81.0 Å². The van der Waals surface area contributed by atoms with Crippen molar-refractivity contribution in [3.8, 4) is 0 Å². The molecule has 11 heteroatoms. The number of fused-ring (bicyclic) bond motifs is 1. The maximum atomic E-state index is 13.0. The van der Waals surface area contributed by atoms with Gasteiger partial charge in [0.15, 0.2) is 0 Å². The number of β-lactam (4-membered cyclic amide) rings is 1. The second-order valence-electron chi connectivity index (χ2n) is 7.60. The second kappa shape index (κ2) is 8.68. The molecule has 2 aromatic carbocycles. The number of nitro groups is 1. The number of rotatable bonds is 7. The number of esters is 1. The topological polar surface area (TPSA) is 153 Å². The smallest absolute Gasteiger partial charge is 0.356 e. The van der Waals surface area contributed by atoms with Crippen molar-refractivity contribution in [2.24, 2.45) is 11.7 Å². The van der Waals surface area contributed by atoms with Crippen LogP contribution < -0.4 is 5.73 Å². The Bertz CT molecular complexity index is 1180. The van der Waals surface area contributed by atoms with Crippen molar-refractivity contribution in [3.63, 3.8) is 0 Å². The maximum Gasteiger partial charge on any atom is 0.356 e. The van der Waals surface area contributed by atoms with Crippen LogP contribution in [-0.4, -0.2) is 44.2 Å². The molecule has 0 aliphatic carbocycles. The van der Waals surface area contributed by atoms with Crippen LogP contribution in [0, 0.1) is 16.0 Å². The zero-order valence-electron chi connectivity index (χ0n) is 17.3. The highest BCUT2D eigenvalue weighted by atomic mass is 32.2. The number of ether oxygens (including phenoxy) is 1. The number of nitrogens with zero attached hydrogens (tertiary/aromatic N) is 2. The molecule has 170 valence electrons. The summed E-state index contributed by atoms with van der Waals surface area (Å²) in [5.41, 5.74) is 6.70. The Balaban J connectivity index is 1.61. The lowest BCUT2D eigenvalue weighted by Crippen LogP contribution is -2.60. The molecule has 4 rings (SSSR count). The Morgan fingerprint density at radius 2 is 1.85 bits per heavy atom. The lowest BCUT2D eigenvalue weighted by atomic mass is 9.92. The molecule has 0 spiro atoms. The van der Waals surface area contributed by atoms with E-state index >= 15 is 0 Å². The monoisotopic (exact) mass is 469 g/mol. The molecular formula is C22H19N3O7S. The van der Waals surface area contributed by atoms with E-state index in [-0.39, 0.29) is 23.9 Å². The number of carbonyl (C=O) groups excluding carboxylic acids is 3. The van der Waals surface area contributed by atoms with Crippen LogP contribution in [0.25, 0.3) is 4.91 Å². The van der Waals surface area contributed by atoms with Crippen molar-refractivity contribution >= 4 is 40.1 Å². The van der Waals surface area contributed by atoms with Gasteiger partial charge in [0.25, 0.3) is 5.69 Å². The van der Waals surface area contributed by atoms with Gasteiger partial charge in [-0.1, -0.05) is 23.9 Å². The van der Waals surface area contributed by atoms with Gasteiger partial charge >= 0.3 is 5.97 Å². The molecular weight excluding hydrogens is 450 g/mol. The Labute approximate surface area is 192 Å². The number of hydrogen-bond donors (Lipinski definition) is 2. The van der Waals surface area contributed by atoms with Crippen LogP contribution in [0.5, 0.6) is 0 Å². The molecule has 1 saturated heterocycles. The standard InChI is InChI=1S/C22H19N3O7S/c1-11(26)16-20(28)24-17(22(29)32-10-12-2-8-15(9-3-12)25(30)31)18(33-21(16)24)13-4-6-14(7-5-13)19(23)27/h2-9,11,16,21,26H,10H2,1H3,(H2,23,27)/t11-,16+,21-/m1/s1. The first-order valence-electron chi connectivity index (χ1n) is 9.92. The number of nitrogens with two attached hydrogens (primary N) is 1. The molecule has 2 aliphatic rings. The minimum Gasteiger partial charge on any atom is -0.456 e. The van der Waals surface area contributed by atoms with Crippen LogP contribution in [0.4, 0.5) is 5.69 Å². The lowest BCUT2D eigenvalue weighted by molar-refractivity contribution is -0.384. The fourth-order valence-corrected chi connectivity index (χ4v) is 5.31. The van der Waals surface area contributed by atoms with Gasteiger partial charge in [0.1, 0.15) is 17.7 Å². The Hall–Kier alpha value is -3.70. The van der Waals surface area contributed by atoms with Crippen LogP contribution >= 0.6 is 11.8 Å². The average Bonchev–Trinajstić information content (AvgIpc) is 3.12. The van der Waals surface area contributed by atoms with Gasteiger partial charge < -0.3 is 15.6 Å². The van der Waals surface area contributed by atoms with Gasteiger partial charge in [0, 0.05) is 22.6 Å². The normalized spacial score (nSPS) is 20.2. The van der Waals surface area contributed by atoms with Gasteiger partial charge in [-0.25, -0.2) is 4.79 Å². The molecule has 33 heavy (non-hydrogen) atoms. The number of aliphatic hydroxyl groups excluding tert-OH is 1. The van der Waals surface area contributed by atoms with Crippen molar-refractivity contribution in [2.45, 2.75) is 25.0 Å². The first kappa shape index (κ1) is 22.5. The van der Waals surface area contributed by atoms with E-state index in [2.05, 4.69) is 0 Å². The maximum absolute atomic E-state index is 13.0. The zero-order valence-corrected chi connectivity index (χ0v) is 18.2. The molecule has 3 N–H and O–H groups in total. The molecule has 2 aliphatic heterocycles. The number of hydrogen-bond acceptors (Lipinski definition) is 8. The fourth-order valence-electron chi connectivity index (χ4n) is 3.69. The van der Waals surface area contributed by atoms with E-state index in [9.17, 15) is 29.6 Å². The molecule has 0 radical (unpaired) electrons. The number of benzene rings is 2. The molecule has 2 aromatic rings. The summed E-state index contributed by atoms with van der Waals surface area (Å²) in [6.07, 6.45) is -0.889. The number of non-ortho nitro benzene ring substituents is 1. The van der Waals surface area contributed by atoms with Crippen LogP contribution in [0.1, 0.15) is 28.4 Å².